The van der Waals surface area contributed by atoms with Gasteiger partial charge in [-0.2, -0.15) is 0 Å². The van der Waals surface area contributed by atoms with E-state index >= 15 is 0 Å². The highest BCUT2D eigenvalue weighted by Crippen LogP contribution is 2.28. The van der Waals surface area contributed by atoms with Crippen LogP contribution in [0.1, 0.15) is 32.3 Å². The lowest BCUT2D eigenvalue weighted by molar-refractivity contribution is -0.120. The summed E-state index contributed by atoms with van der Waals surface area (Å²) in [5, 5.41) is 3.00. The monoisotopic (exact) mass is 261 g/mol. The Balaban J connectivity index is 2.03. The van der Waals surface area contributed by atoms with Crippen LogP contribution in [0.5, 0.6) is 0 Å². The lowest BCUT2D eigenvalue weighted by Gasteiger charge is -2.27. The van der Waals surface area contributed by atoms with Crippen molar-refractivity contribution in [2.45, 2.75) is 45.7 Å². The largest absolute Gasteiger partial charge is 0.399 e. The summed E-state index contributed by atoms with van der Waals surface area (Å²) < 4.78 is 0. The summed E-state index contributed by atoms with van der Waals surface area (Å²) in [6.07, 6.45) is 2.43. The van der Waals surface area contributed by atoms with Gasteiger partial charge in [0.25, 0.3) is 0 Å². The van der Waals surface area contributed by atoms with Crippen molar-refractivity contribution in [3.05, 3.63) is 23.8 Å². The number of rotatable bonds is 5. The zero-order valence-electron chi connectivity index (χ0n) is 11.9. The lowest BCUT2D eigenvalue weighted by atomic mass is 10.1. The molecule has 104 valence electrons. The van der Waals surface area contributed by atoms with Crippen molar-refractivity contribution in [1.82, 2.24) is 4.90 Å². The van der Waals surface area contributed by atoms with Crippen LogP contribution in [-0.2, 0) is 4.79 Å². The predicted octanol–water partition coefficient (Wildman–Crippen LogP) is 2.39. The molecule has 0 bridgehead atoms. The Morgan fingerprint density at radius 3 is 2.74 bits per heavy atom. The van der Waals surface area contributed by atoms with Gasteiger partial charge in [-0.05, 0) is 57.0 Å². The summed E-state index contributed by atoms with van der Waals surface area (Å²) in [7, 11) is 0. The molecule has 1 amide bonds. The van der Waals surface area contributed by atoms with Crippen LogP contribution in [0.3, 0.4) is 0 Å². The van der Waals surface area contributed by atoms with Crippen molar-refractivity contribution in [1.29, 1.82) is 0 Å². The molecule has 0 heterocycles. The topological polar surface area (TPSA) is 58.4 Å². The number of benzene rings is 1. The van der Waals surface area contributed by atoms with Crippen LogP contribution >= 0.6 is 0 Å². The minimum absolute atomic E-state index is 0.0571. The van der Waals surface area contributed by atoms with E-state index in [0.29, 0.717) is 6.04 Å². The summed E-state index contributed by atoms with van der Waals surface area (Å²) in [5.74, 6) is 0.0571. The van der Waals surface area contributed by atoms with Crippen molar-refractivity contribution in [2.75, 3.05) is 17.6 Å². The number of nitrogens with one attached hydrogen (secondary N) is 1. The number of hydrogen-bond acceptors (Lipinski definition) is 3. The zero-order valence-corrected chi connectivity index (χ0v) is 11.9. The van der Waals surface area contributed by atoms with E-state index < -0.39 is 0 Å². The summed E-state index contributed by atoms with van der Waals surface area (Å²) in [5.41, 5.74) is 8.27. The molecule has 1 aromatic rings. The van der Waals surface area contributed by atoms with Crippen molar-refractivity contribution in [3.8, 4) is 0 Å². The molecular formula is C15H23N3O. The van der Waals surface area contributed by atoms with Gasteiger partial charge in [0.15, 0.2) is 0 Å². The molecule has 0 radical (unpaired) electrons. The Morgan fingerprint density at radius 2 is 2.21 bits per heavy atom. The summed E-state index contributed by atoms with van der Waals surface area (Å²) in [6.45, 7) is 6.95. The number of nitrogens with two attached hydrogens (primary N) is 1. The fourth-order valence-electron chi connectivity index (χ4n) is 2.47. The van der Waals surface area contributed by atoms with Crippen LogP contribution in [0.25, 0.3) is 0 Å². The highest BCUT2D eigenvalue weighted by molar-refractivity contribution is 5.95. The maximum atomic E-state index is 12.3. The van der Waals surface area contributed by atoms with Crippen LogP contribution in [0.2, 0.25) is 0 Å². The van der Waals surface area contributed by atoms with Crippen LogP contribution in [0, 0.1) is 6.92 Å². The van der Waals surface area contributed by atoms with Crippen molar-refractivity contribution >= 4 is 17.3 Å². The molecule has 0 aromatic heterocycles. The van der Waals surface area contributed by atoms with Gasteiger partial charge in [0.05, 0.1) is 6.04 Å². The standard InChI is InChI=1S/C15H23N3O/c1-4-18(13-6-7-13)11(3)15(19)17-14-8-5-12(16)9-10(14)2/h5,8-9,11,13H,4,6-7,16H2,1-3H3,(H,17,19). The van der Waals surface area contributed by atoms with E-state index in [1.807, 2.05) is 32.0 Å². The Morgan fingerprint density at radius 1 is 1.53 bits per heavy atom. The Kier molecular flexibility index (Phi) is 4.10. The first-order valence-corrected chi connectivity index (χ1v) is 6.95. The fourth-order valence-corrected chi connectivity index (χ4v) is 2.47. The molecule has 4 nitrogen and oxygen atoms in total. The van der Waals surface area contributed by atoms with Crippen LogP contribution in [0.15, 0.2) is 18.2 Å². The number of carbonyl (C=O) groups excluding carboxylic acids is 1. The SMILES string of the molecule is CCN(C1CC1)C(C)C(=O)Nc1ccc(N)cc1C. The van der Waals surface area contributed by atoms with E-state index in [1.165, 1.54) is 12.8 Å². The Bertz CT molecular complexity index is 468. The number of amides is 1. The number of hydrogen-bond donors (Lipinski definition) is 2. The zero-order chi connectivity index (χ0) is 14.0. The van der Waals surface area contributed by atoms with Crippen LogP contribution < -0.4 is 11.1 Å². The van der Waals surface area contributed by atoms with Gasteiger partial charge in [0.1, 0.15) is 0 Å². The lowest BCUT2D eigenvalue weighted by Crippen LogP contribution is -2.43. The van der Waals surface area contributed by atoms with Gasteiger partial charge in [0.2, 0.25) is 5.91 Å². The first kappa shape index (κ1) is 13.9. The molecule has 1 fully saturated rings. The molecule has 3 N–H and O–H groups in total. The number of aryl methyl sites for hydroxylation is 1. The molecule has 4 heteroatoms. The molecule has 1 aromatic carbocycles. The maximum Gasteiger partial charge on any atom is 0.241 e. The van der Waals surface area contributed by atoms with E-state index in [1.54, 1.807) is 0 Å². The summed E-state index contributed by atoms with van der Waals surface area (Å²) in [6, 6.07) is 6.06. The molecule has 0 spiro atoms. The summed E-state index contributed by atoms with van der Waals surface area (Å²) >= 11 is 0. The molecule has 1 unspecified atom stereocenters. The fraction of sp³-hybridized carbons (Fsp3) is 0.533. The van der Waals surface area contributed by atoms with Crippen molar-refractivity contribution in [3.63, 3.8) is 0 Å². The molecule has 19 heavy (non-hydrogen) atoms. The van der Waals surface area contributed by atoms with E-state index in [0.717, 1.165) is 23.5 Å². The average Bonchev–Trinajstić information content (AvgIpc) is 3.18. The molecule has 1 aliphatic carbocycles. The summed E-state index contributed by atoms with van der Waals surface area (Å²) in [4.78, 5) is 14.6. The minimum Gasteiger partial charge on any atom is -0.399 e. The molecular weight excluding hydrogens is 238 g/mol. The van der Waals surface area contributed by atoms with Gasteiger partial charge in [-0.3, -0.25) is 9.69 Å². The van der Waals surface area contributed by atoms with Gasteiger partial charge in [-0.1, -0.05) is 6.92 Å². The Labute approximate surface area is 115 Å². The van der Waals surface area contributed by atoms with E-state index in [-0.39, 0.29) is 11.9 Å². The van der Waals surface area contributed by atoms with Gasteiger partial charge in [0, 0.05) is 17.4 Å². The number of likely N-dealkylation sites (N-methyl/N-ethyl adjacent to an activating group) is 1. The number of anilines is 2. The van der Waals surface area contributed by atoms with Gasteiger partial charge < -0.3 is 11.1 Å². The smallest absolute Gasteiger partial charge is 0.241 e. The molecule has 1 saturated carbocycles. The first-order valence-electron chi connectivity index (χ1n) is 6.95. The average molecular weight is 261 g/mol. The predicted molar refractivity (Wildman–Crippen MR) is 79.1 cm³/mol. The van der Waals surface area contributed by atoms with E-state index in [2.05, 4.69) is 17.1 Å². The minimum atomic E-state index is -0.0885. The number of carbonyl (C=O) groups is 1. The third-order valence-electron chi connectivity index (χ3n) is 3.77. The van der Waals surface area contributed by atoms with Crippen LogP contribution in [0.4, 0.5) is 11.4 Å². The van der Waals surface area contributed by atoms with E-state index in [9.17, 15) is 4.79 Å². The highest BCUT2D eigenvalue weighted by Gasteiger charge is 2.33. The van der Waals surface area contributed by atoms with Crippen LogP contribution in [-0.4, -0.2) is 29.4 Å². The van der Waals surface area contributed by atoms with Gasteiger partial charge in [-0.15, -0.1) is 0 Å². The quantitative estimate of drug-likeness (QED) is 0.800. The van der Waals surface area contributed by atoms with E-state index in [4.69, 9.17) is 5.73 Å². The molecule has 1 aliphatic rings. The first-order chi connectivity index (χ1) is 9.02. The third kappa shape index (κ3) is 3.26. The molecule has 1 atom stereocenters. The van der Waals surface area contributed by atoms with Crippen molar-refractivity contribution in [2.24, 2.45) is 0 Å². The Hall–Kier alpha value is -1.55. The van der Waals surface area contributed by atoms with Gasteiger partial charge in [-0.25, -0.2) is 0 Å². The van der Waals surface area contributed by atoms with Crippen molar-refractivity contribution < 1.29 is 4.79 Å². The molecule has 2 rings (SSSR count). The second-order valence-corrected chi connectivity index (χ2v) is 5.30. The number of nitrogen functional groups attached to an aromatic ring is 1. The molecule has 0 aliphatic heterocycles. The van der Waals surface area contributed by atoms with Gasteiger partial charge >= 0.3 is 0 Å². The second kappa shape index (κ2) is 5.61. The second-order valence-electron chi connectivity index (χ2n) is 5.30. The maximum absolute atomic E-state index is 12.3. The normalized spacial score (nSPS) is 16.4. The third-order valence-corrected chi connectivity index (χ3v) is 3.77. The highest BCUT2D eigenvalue weighted by atomic mass is 16.2. The number of nitrogens with zero attached hydrogens (tertiary/aromatic N) is 1. The molecule has 0 saturated heterocycles.